The van der Waals surface area contributed by atoms with Gasteiger partial charge < -0.3 is 4.74 Å². The van der Waals surface area contributed by atoms with Crippen molar-refractivity contribution in [3.63, 3.8) is 0 Å². The Bertz CT molecular complexity index is 820. The maximum atomic E-state index is 14.3. The molecule has 0 amide bonds. The van der Waals surface area contributed by atoms with Gasteiger partial charge >= 0.3 is 0 Å². The fraction of sp³-hybridized carbons (Fsp3) is 0.600. The third kappa shape index (κ3) is 4.90. The van der Waals surface area contributed by atoms with Crippen LogP contribution in [0, 0.1) is 35.2 Å². The molecule has 4 heteroatoms. The van der Waals surface area contributed by atoms with Crippen LogP contribution < -0.4 is 4.74 Å². The van der Waals surface area contributed by atoms with Gasteiger partial charge in [0.15, 0.2) is 11.6 Å². The number of halogens is 3. The molecule has 2 aliphatic carbocycles. The smallest absolute Gasteiger partial charge is 0.201 e. The number of ether oxygens (including phenoxy) is 1. The van der Waals surface area contributed by atoms with E-state index in [1.807, 2.05) is 0 Å². The van der Waals surface area contributed by atoms with Crippen LogP contribution in [0.2, 0.25) is 0 Å². The van der Waals surface area contributed by atoms with E-state index in [4.69, 9.17) is 4.74 Å². The summed E-state index contributed by atoms with van der Waals surface area (Å²) in [5, 5.41) is 0.0149. The van der Waals surface area contributed by atoms with Gasteiger partial charge in [-0.05, 0) is 48.1 Å². The molecule has 0 unspecified atom stereocenters. The number of benzene rings is 2. The number of hydrogen-bond donors (Lipinski definition) is 0. The average molecular weight is 405 g/mol. The first-order valence-electron chi connectivity index (χ1n) is 11.3. The van der Waals surface area contributed by atoms with Crippen LogP contribution in [0.15, 0.2) is 24.3 Å². The van der Waals surface area contributed by atoms with E-state index in [2.05, 4.69) is 0 Å². The maximum Gasteiger partial charge on any atom is 0.201 e. The molecule has 1 nitrogen and oxygen atoms in total. The lowest BCUT2D eigenvalue weighted by Crippen LogP contribution is -2.21. The Morgan fingerprint density at radius 1 is 0.759 bits per heavy atom. The highest BCUT2D eigenvalue weighted by Gasteiger charge is 2.24. The standard InChI is InChI=1S/C25H31F3O/c26-21-8-4-7-20-15-22(24(27)25(28)23(20)21)29-16-19-13-11-18(12-14-19)10-9-17-5-2-1-3-6-17/h4,7-8,15,17-19H,1-3,5-6,9-14,16H2. The van der Waals surface area contributed by atoms with Crippen LogP contribution in [0.25, 0.3) is 10.8 Å². The Morgan fingerprint density at radius 2 is 1.41 bits per heavy atom. The molecule has 29 heavy (non-hydrogen) atoms. The molecular formula is C25H31F3O. The van der Waals surface area contributed by atoms with Crippen molar-refractivity contribution in [1.29, 1.82) is 0 Å². The van der Waals surface area contributed by atoms with Gasteiger partial charge in [-0.3, -0.25) is 0 Å². The predicted octanol–water partition coefficient (Wildman–Crippen LogP) is 7.80. The van der Waals surface area contributed by atoms with Crippen LogP contribution in [-0.2, 0) is 0 Å². The Kier molecular flexibility index (Phi) is 6.67. The summed E-state index contributed by atoms with van der Waals surface area (Å²) < 4.78 is 48.1. The van der Waals surface area contributed by atoms with E-state index in [1.54, 1.807) is 6.07 Å². The van der Waals surface area contributed by atoms with E-state index in [0.717, 1.165) is 30.7 Å². The van der Waals surface area contributed by atoms with E-state index >= 15 is 0 Å². The van der Waals surface area contributed by atoms with Crippen LogP contribution in [-0.4, -0.2) is 6.61 Å². The SMILES string of the molecule is Fc1c(OCC2CCC(CCC3CCCCC3)CC2)cc2cccc(F)c2c1F. The molecule has 2 aliphatic rings. The van der Waals surface area contributed by atoms with Gasteiger partial charge in [0.1, 0.15) is 5.82 Å². The molecule has 0 spiro atoms. The van der Waals surface area contributed by atoms with E-state index < -0.39 is 17.5 Å². The number of hydrogen-bond acceptors (Lipinski definition) is 1. The van der Waals surface area contributed by atoms with Gasteiger partial charge in [0, 0.05) is 0 Å². The Balaban J connectivity index is 1.28. The molecule has 0 radical (unpaired) electrons. The van der Waals surface area contributed by atoms with Crippen LogP contribution in [0.1, 0.15) is 70.6 Å². The quantitative estimate of drug-likeness (QED) is 0.477. The first-order valence-corrected chi connectivity index (χ1v) is 11.3. The molecule has 2 saturated carbocycles. The third-order valence-electron chi connectivity index (χ3n) is 7.11. The molecule has 2 aromatic carbocycles. The second-order valence-electron chi connectivity index (χ2n) is 9.12. The summed E-state index contributed by atoms with van der Waals surface area (Å²) in [6.07, 6.45) is 14.4. The highest BCUT2D eigenvalue weighted by molar-refractivity contribution is 5.85. The lowest BCUT2D eigenvalue weighted by Gasteiger charge is -2.30. The van der Waals surface area contributed by atoms with Gasteiger partial charge in [0.25, 0.3) is 0 Å². The summed E-state index contributed by atoms with van der Waals surface area (Å²) in [5.41, 5.74) is 0. The van der Waals surface area contributed by atoms with Gasteiger partial charge in [-0.25, -0.2) is 8.78 Å². The lowest BCUT2D eigenvalue weighted by molar-refractivity contribution is 0.168. The monoisotopic (exact) mass is 404 g/mol. The third-order valence-corrected chi connectivity index (χ3v) is 7.11. The predicted molar refractivity (Wildman–Crippen MR) is 111 cm³/mol. The summed E-state index contributed by atoms with van der Waals surface area (Å²) in [4.78, 5) is 0. The van der Waals surface area contributed by atoms with Crippen molar-refractivity contribution in [1.82, 2.24) is 0 Å². The van der Waals surface area contributed by atoms with Crippen LogP contribution in [0.3, 0.4) is 0 Å². The Labute approximate surface area is 171 Å². The molecule has 0 aliphatic heterocycles. The summed E-state index contributed by atoms with van der Waals surface area (Å²) >= 11 is 0. The maximum absolute atomic E-state index is 14.3. The lowest BCUT2D eigenvalue weighted by atomic mass is 9.77. The normalized spacial score (nSPS) is 23.4. The van der Waals surface area contributed by atoms with Crippen molar-refractivity contribution in [3.05, 3.63) is 41.7 Å². The van der Waals surface area contributed by atoms with E-state index in [0.29, 0.717) is 17.9 Å². The molecule has 0 atom stereocenters. The Hall–Kier alpha value is -1.71. The van der Waals surface area contributed by atoms with Gasteiger partial charge in [-0.2, -0.15) is 4.39 Å². The highest BCUT2D eigenvalue weighted by atomic mass is 19.2. The van der Waals surface area contributed by atoms with E-state index in [9.17, 15) is 13.2 Å². The number of rotatable bonds is 6. The highest BCUT2D eigenvalue weighted by Crippen LogP contribution is 2.36. The minimum atomic E-state index is -1.16. The van der Waals surface area contributed by atoms with Crippen molar-refractivity contribution < 1.29 is 17.9 Å². The van der Waals surface area contributed by atoms with E-state index in [-0.39, 0.29) is 11.1 Å². The van der Waals surface area contributed by atoms with Gasteiger partial charge in [-0.15, -0.1) is 0 Å². The van der Waals surface area contributed by atoms with Crippen LogP contribution >= 0.6 is 0 Å². The molecule has 2 fully saturated rings. The molecule has 0 saturated heterocycles. The molecular weight excluding hydrogens is 373 g/mol. The van der Waals surface area contributed by atoms with Crippen molar-refractivity contribution in [2.75, 3.05) is 6.61 Å². The minimum Gasteiger partial charge on any atom is -0.490 e. The van der Waals surface area contributed by atoms with Crippen molar-refractivity contribution in [2.24, 2.45) is 17.8 Å². The first-order chi connectivity index (χ1) is 14.1. The fourth-order valence-electron chi connectivity index (χ4n) is 5.26. The molecule has 0 bridgehead atoms. The largest absolute Gasteiger partial charge is 0.490 e. The fourth-order valence-corrected chi connectivity index (χ4v) is 5.26. The molecule has 158 valence electrons. The van der Waals surface area contributed by atoms with Gasteiger partial charge in [0.05, 0.1) is 12.0 Å². The van der Waals surface area contributed by atoms with Gasteiger partial charge in [-0.1, -0.05) is 69.9 Å². The molecule has 0 N–H and O–H groups in total. The minimum absolute atomic E-state index is 0.111. The summed E-state index contributed by atoms with van der Waals surface area (Å²) in [7, 11) is 0. The zero-order valence-corrected chi connectivity index (χ0v) is 17.1. The van der Waals surface area contributed by atoms with Crippen molar-refractivity contribution in [2.45, 2.75) is 70.6 Å². The van der Waals surface area contributed by atoms with Crippen LogP contribution in [0.4, 0.5) is 13.2 Å². The second kappa shape index (κ2) is 9.40. The summed E-state index contributed by atoms with van der Waals surface area (Å²) in [6.45, 7) is 0.395. The molecule has 0 heterocycles. The topological polar surface area (TPSA) is 9.23 Å². The van der Waals surface area contributed by atoms with Crippen molar-refractivity contribution >= 4 is 10.8 Å². The first kappa shape index (κ1) is 20.6. The molecule has 2 aromatic rings. The zero-order valence-electron chi connectivity index (χ0n) is 17.1. The van der Waals surface area contributed by atoms with Crippen molar-refractivity contribution in [3.8, 4) is 5.75 Å². The zero-order chi connectivity index (χ0) is 20.2. The number of fused-ring (bicyclic) bond motifs is 1. The molecule has 0 aromatic heterocycles. The second-order valence-corrected chi connectivity index (χ2v) is 9.12. The van der Waals surface area contributed by atoms with E-state index in [1.165, 1.54) is 69.9 Å². The van der Waals surface area contributed by atoms with Crippen LogP contribution in [0.5, 0.6) is 5.75 Å². The average Bonchev–Trinajstić information content (AvgIpc) is 2.75. The summed E-state index contributed by atoms with van der Waals surface area (Å²) in [6, 6.07) is 5.61. The summed E-state index contributed by atoms with van der Waals surface area (Å²) in [5.74, 6) is -0.985. The Morgan fingerprint density at radius 3 is 2.14 bits per heavy atom. The molecule has 4 rings (SSSR count). The van der Waals surface area contributed by atoms with Gasteiger partial charge in [0.2, 0.25) is 5.82 Å².